The minimum atomic E-state index is -0.840. The SMILES string of the molecule is CC(=O)/C=C\N(C(C)=O)C1OC(CO)C(O)C1C. The molecule has 1 amide bonds. The largest absolute Gasteiger partial charge is 0.394 e. The van der Waals surface area contributed by atoms with Crippen LogP contribution in [0.3, 0.4) is 0 Å². The number of ketones is 1. The Balaban J connectivity index is 2.87. The van der Waals surface area contributed by atoms with Crippen molar-refractivity contribution in [2.75, 3.05) is 6.61 Å². The molecule has 18 heavy (non-hydrogen) atoms. The Bertz CT molecular complexity index is 354. The van der Waals surface area contributed by atoms with E-state index in [-0.39, 0.29) is 24.2 Å². The van der Waals surface area contributed by atoms with Gasteiger partial charge in [0.1, 0.15) is 12.3 Å². The first kappa shape index (κ1) is 14.8. The van der Waals surface area contributed by atoms with E-state index in [4.69, 9.17) is 9.84 Å². The molecule has 0 saturated carbocycles. The summed E-state index contributed by atoms with van der Waals surface area (Å²) in [5.41, 5.74) is 0. The number of carbonyl (C=O) groups excluding carboxylic acids is 2. The van der Waals surface area contributed by atoms with Crippen LogP contribution in [0.4, 0.5) is 0 Å². The van der Waals surface area contributed by atoms with Crippen LogP contribution in [0.15, 0.2) is 12.3 Å². The molecular formula is C12H19NO5. The molecule has 0 spiro atoms. The minimum Gasteiger partial charge on any atom is -0.394 e. The molecular weight excluding hydrogens is 238 g/mol. The van der Waals surface area contributed by atoms with E-state index >= 15 is 0 Å². The van der Waals surface area contributed by atoms with Gasteiger partial charge in [0.25, 0.3) is 0 Å². The van der Waals surface area contributed by atoms with E-state index in [1.807, 2.05) is 0 Å². The van der Waals surface area contributed by atoms with Crippen LogP contribution in [0, 0.1) is 5.92 Å². The Morgan fingerprint density at radius 3 is 2.39 bits per heavy atom. The summed E-state index contributed by atoms with van der Waals surface area (Å²) in [7, 11) is 0. The summed E-state index contributed by atoms with van der Waals surface area (Å²) in [4.78, 5) is 23.7. The topological polar surface area (TPSA) is 87.1 Å². The maximum absolute atomic E-state index is 11.5. The normalized spacial score (nSPS) is 31.8. The molecule has 1 rings (SSSR count). The van der Waals surface area contributed by atoms with E-state index < -0.39 is 18.4 Å². The first-order valence-corrected chi connectivity index (χ1v) is 5.80. The third-order valence-corrected chi connectivity index (χ3v) is 2.97. The molecule has 6 nitrogen and oxygen atoms in total. The molecule has 1 saturated heterocycles. The average Bonchev–Trinajstić information content (AvgIpc) is 2.56. The van der Waals surface area contributed by atoms with E-state index in [2.05, 4.69) is 0 Å². The molecule has 1 aliphatic heterocycles. The lowest BCUT2D eigenvalue weighted by molar-refractivity contribution is -0.140. The lowest BCUT2D eigenvalue weighted by Gasteiger charge is -2.26. The maximum Gasteiger partial charge on any atom is 0.225 e. The van der Waals surface area contributed by atoms with Crippen LogP contribution in [0.2, 0.25) is 0 Å². The number of rotatable bonds is 4. The Morgan fingerprint density at radius 2 is 2.00 bits per heavy atom. The Hall–Kier alpha value is -1.24. The third kappa shape index (κ3) is 3.16. The molecule has 4 atom stereocenters. The summed E-state index contributed by atoms with van der Waals surface area (Å²) in [6, 6.07) is 0. The van der Waals surface area contributed by atoms with Crippen molar-refractivity contribution in [1.29, 1.82) is 0 Å². The standard InChI is InChI=1S/C12H19NO5/c1-7(15)4-5-13(9(3)16)12-8(2)11(17)10(6-14)18-12/h4-5,8,10-12,14,17H,6H2,1-3H3/b5-4-. The molecule has 1 aliphatic rings. The molecule has 1 heterocycles. The van der Waals surface area contributed by atoms with Gasteiger partial charge in [-0.25, -0.2) is 0 Å². The van der Waals surface area contributed by atoms with Crippen molar-refractivity contribution in [2.45, 2.75) is 39.2 Å². The fourth-order valence-corrected chi connectivity index (χ4v) is 1.91. The highest BCUT2D eigenvalue weighted by atomic mass is 16.5. The Kier molecular flexibility index (Phi) is 5.01. The van der Waals surface area contributed by atoms with E-state index in [1.54, 1.807) is 6.92 Å². The molecule has 102 valence electrons. The second-order valence-electron chi connectivity index (χ2n) is 4.45. The van der Waals surface area contributed by atoms with Crippen LogP contribution in [0.25, 0.3) is 0 Å². The second kappa shape index (κ2) is 6.08. The van der Waals surface area contributed by atoms with Crippen LogP contribution in [0.5, 0.6) is 0 Å². The number of carbonyl (C=O) groups is 2. The molecule has 0 bridgehead atoms. The van der Waals surface area contributed by atoms with Gasteiger partial charge >= 0.3 is 0 Å². The fourth-order valence-electron chi connectivity index (χ4n) is 1.91. The monoisotopic (exact) mass is 257 g/mol. The number of aliphatic hydroxyl groups is 2. The van der Waals surface area contributed by atoms with Crippen LogP contribution in [0.1, 0.15) is 20.8 Å². The summed E-state index contributed by atoms with van der Waals surface area (Å²) < 4.78 is 5.43. The molecule has 0 aliphatic carbocycles. The summed E-state index contributed by atoms with van der Waals surface area (Å²) in [6.45, 7) is 4.13. The van der Waals surface area contributed by atoms with E-state index in [0.717, 1.165) is 0 Å². The number of hydrogen-bond acceptors (Lipinski definition) is 5. The second-order valence-corrected chi connectivity index (χ2v) is 4.45. The highest BCUT2D eigenvalue weighted by Crippen LogP contribution is 2.29. The lowest BCUT2D eigenvalue weighted by atomic mass is 10.0. The van der Waals surface area contributed by atoms with Gasteiger partial charge in [-0.1, -0.05) is 6.92 Å². The van der Waals surface area contributed by atoms with Gasteiger partial charge in [-0.05, 0) is 13.0 Å². The lowest BCUT2D eigenvalue weighted by Crippen LogP contribution is -2.39. The van der Waals surface area contributed by atoms with Gasteiger partial charge in [0.2, 0.25) is 5.91 Å². The van der Waals surface area contributed by atoms with Gasteiger partial charge in [0.05, 0.1) is 12.7 Å². The van der Waals surface area contributed by atoms with Crippen molar-refractivity contribution in [3.05, 3.63) is 12.3 Å². The molecule has 0 aromatic carbocycles. The van der Waals surface area contributed by atoms with Gasteiger partial charge in [-0.15, -0.1) is 0 Å². The molecule has 6 heteroatoms. The van der Waals surface area contributed by atoms with Crippen LogP contribution in [-0.4, -0.2) is 51.8 Å². The highest BCUT2D eigenvalue weighted by Gasteiger charge is 2.43. The van der Waals surface area contributed by atoms with Gasteiger partial charge in [-0.3, -0.25) is 14.5 Å². The number of hydrogen-bond donors (Lipinski definition) is 2. The number of ether oxygens (including phenoxy) is 1. The van der Waals surface area contributed by atoms with Gasteiger partial charge in [-0.2, -0.15) is 0 Å². The predicted molar refractivity (Wildman–Crippen MR) is 63.3 cm³/mol. The fraction of sp³-hybridized carbons (Fsp3) is 0.667. The van der Waals surface area contributed by atoms with E-state index in [0.29, 0.717) is 0 Å². The Morgan fingerprint density at radius 1 is 1.39 bits per heavy atom. The highest BCUT2D eigenvalue weighted by molar-refractivity contribution is 5.87. The number of amides is 1. The molecule has 2 N–H and O–H groups in total. The van der Waals surface area contributed by atoms with E-state index in [9.17, 15) is 14.7 Å². The number of nitrogens with zero attached hydrogens (tertiary/aromatic N) is 1. The average molecular weight is 257 g/mol. The Labute approximate surface area is 106 Å². The summed E-state index contributed by atoms with van der Waals surface area (Å²) in [6.07, 6.45) is 0.379. The van der Waals surface area contributed by atoms with Crippen molar-refractivity contribution < 1.29 is 24.5 Å². The first-order chi connectivity index (χ1) is 8.38. The molecule has 0 aromatic rings. The predicted octanol–water partition coefficient (Wildman–Crippen LogP) is -0.348. The van der Waals surface area contributed by atoms with Gasteiger partial charge in [0.15, 0.2) is 5.78 Å². The quantitative estimate of drug-likeness (QED) is 0.672. The zero-order valence-corrected chi connectivity index (χ0v) is 10.7. The van der Waals surface area contributed by atoms with Crippen LogP contribution in [-0.2, 0) is 14.3 Å². The summed E-state index contributed by atoms with van der Waals surface area (Å²) in [5.74, 6) is -0.830. The number of aliphatic hydroxyl groups excluding tert-OH is 2. The van der Waals surface area contributed by atoms with Crippen molar-refractivity contribution in [1.82, 2.24) is 4.90 Å². The van der Waals surface area contributed by atoms with Crippen molar-refractivity contribution in [3.8, 4) is 0 Å². The summed E-state index contributed by atoms with van der Waals surface area (Å²) >= 11 is 0. The zero-order chi connectivity index (χ0) is 13.9. The number of allylic oxidation sites excluding steroid dienone is 1. The molecule has 4 unspecified atom stereocenters. The maximum atomic E-state index is 11.5. The molecule has 1 fully saturated rings. The van der Waals surface area contributed by atoms with Crippen molar-refractivity contribution in [2.24, 2.45) is 5.92 Å². The van der Waals surface area contributed by atoms with Crippen LogP contribution < -0.4 is 0 Å². The summed E-state index contributed by atoms with van der Waals surface area (Å²) in [5, 5.41) is 18.9. The smallest absolute Gasteiger partial charge is 0.225 e. The molecule has 0 radical (unpaired) electrons. The van der Waals surface area contributed by atoms with Gasteiger partial charge < -0.3 is 14.9 Å². The first-order valence-electron chi connectivity index (χ1n) is 5.80. The zero-order valence-electron chi connectivity index (χ0n) is 10.7. The van der Waals surface area contributed by atoms with Gasteiger partial charge in [0, 0.05) is 19.0 Å². The van der Waals surface area contributed by atoms with Crippen LogP contribution >= 0.6 is 0 Å². The minimum absolute atomic E-state index is 0.189. The van der Waals surface area contributed by atoms with Crippen molar-refractivity contribution >= 4 is 11.7 Å². The van der Waals surface area contributed by atoms with E-state index in [1.165, 1.54) is 31.0 Å². The third-order valence-electron chi connectivity index (χ3n) is 2.97. The molecule has 0 aromatic heterocycles. The van der Waals surface area contributed by atoms with Crippen molar-refractivity contribution in [3.63, 3.8) is 0 Å².